The molecule has 0 spiro atoms. The highest BCUT2D eigenvalue weighted by molar-refractivity contribution is 5.99. The number of carbonyl (C=O) groups is 2. The zero-order valence-corrected chi connectivity index (χ0v) is 36.6. The molecule has 0 saturated heterocycles. The van der Waals surface area contributed by atoms with Crippen molar-refractivity contribution >= 4 is 23.1 Å². The molecule has 0 aromatic heterocycles. The Kier molecular flexibility index (Phi) is 27.2. The highest BCUT2D eigenvalue weighted by atomic mass is 16.5. The third kappa shape index (κ3) is 21.6. The predicted molar refractivity (Wildman–Crippen MR) is 242 cm³/mol. The molecule has 5 radical (unpaired) electrons. The molecule has 1 saturated carbocycles. The molecular weight excluding hydrogens is 701 g/mol. The van der Waals surface area contributed by atoms with Crippen molar-refractivity contribution in [1.82, 2.24) is 0 Å². The number of hydrogen-bond donors (Lipinski definition) is 0. The number of rotatable bonds is 34. The van der Waals surface area contributed by atoms with E-state index in [2.05, 4.69) is 70.7 Å². The van der Waals surface area contributed by atoms with Gasteiger partial charge in [-0.05, 0) is 91.5 Å². The lowest BCUT2D eigenvalue weighted by Crippen LogP contribution is -2.08. The number of hydrogen-bond acceptors (Lipinski definition) is 4. The van der Waals surface area contributed by atoms with Crippen molar-refractivity contribution in [2.45, 2.75) is 207 Å². The van der Waals surface area contributed by atoms with E-state index in [4.69, 9.17) is 9.47 Å². The molecule has 0 bridgehead atoms. The summed E-state index contributed by atoms with van der Waals surface area (Å²) in [6, 6.07) is 15.9. The van der Waals surface area contributed by atoms with Crippen molar-refractivity contribution in [3.63, 3.8) is 0 Å². The second-order valence-electron chi connectivity index (χ2n) is 16.4. The largest absolute Gasteiger partial charge is 0.427 e. The molecule has 4 heteroatoms. The first-order valence-corrected chi connectivity index (χ1v) is 23.6. The van der Waals surface area contributed by atoms with E-state index in [1.807, 2.05) is 24.3 Å². The van der Waals surface area contributed by atoms with Crippen LogP contribution in [0.3, 0.4) is 0 Å². The first-order chi connectivity index (χ1) is 28.0. The third-order valence-corrected chi connectivity index (χ3v) is 11.4. The summed E-state index contributed by atoms with van der Waals surface area (Å²) in [5.74, 6) is 2.01. The quantitative estimate of drug-likeness (QED) is 0.0307. The lowest BCUT2D eigenvalue weighted by molar-refractivity contribution is -0.135. The molecule has 57 heavy (non-hydrogen) atoms. The van der Waals surface area contributed by atoms with Gasteiger partial charge in [-0.25, -0.2) is 0 Å². The van der Waals surface area contributed by atoms with Crippen LogP contribution in [0.4, 0.5) is 0 Å². The van der Waals surface area contributed by atoms with Crippen LogP contribution in [0.25, 0.3) is 11.1 Å². The Morgan fingerprint density at radius 1 is 0.404 bits per heavy atom. The average molecular weight is 780 g/mol. The fourth-order valence-corrected chi connectivity index (χ4v) is 7.93. The molecule has 315 valence electrons. The monoisotopic (exact) mass is 780 g/mol. The van der Waals surface area contributed by atoms with Crippen LogP contribution < -0.4 is 9.47 Å². The minimum Gasteiger partial charge on any atom is -0.427 e. The van der Waals surface area contributed by atoms with Crippen LogP contribution in [0.2, 0.25) is 0 Å². The molecule has 2 aromatic rings. The van der Waals surface area contributed by atoms with Gasteiger partial charge >= 0.3 is 11.9 Å². The molecule has 4 nitrogen and oxygen atoms in total. The smallest absolute Gasteiger partial charge is 0.311 e. The summed E-state index contributed by atoms with van der Waals surface area (Å²) in [5, 5.41) is 0. The van der Waals surface area contributed by atoms with Gasteiger partial charge in [0.15, 0.2) is 0 Å². The molecule has 0 amide bonds. The minimum absolute atomic E-state index is 0.153. The van der Waals surface area contributed by atoms with Crippen molar-refractivity contribution < 1.29 is 19.1 Å². The number of allylic oxidation sites excluding steroid dienone is 2. The Bertz CT molecular complexity index is 1330. The van der Waals surface area contributed by atoms with Gasteiger partial charge in [-0.15, -0.1) is 0 Å². The average Bonchev–Trinajstić information content (AvgIpc) is 3.76. The topological polar surface area (TPSA) is 52.6 Å². The van der Waals surface area contributed by atoms with E-state index in [1.165, 1.54) is 147 Å². The summed E-state index contributed by atoms with van der Waals surface area (Å²) in [7, 11) is 0. The van der Waals surface area contributed by atoms with Gasteiger partial charge in [0.05, 0.1) is 0 Å². The minimum atomic E-state index is -0.156. The van der Waals surface area contributed by atoms with E-state index in [9.17, 15) is 9.59 Å². The van der Waals surface area contributed by atoms with Crippen molar-refractivity contribution in [2.24, 2.45) is 0 Å². The molecule has 0 N–H and O–H groups in total. The van der Waals surface area contributed by atoms with Gasteiger partial charge in [0, 0.05) is 18.8 Å². The van der Waals surface area contributed by atoms with E-state index >= 15 is 0 Å². The first kappa shape index (κ1) is 48.5. The van der Waals surface area contributed by atoms with Gasteiger partial charge in [0.25, 0.3) is 0 Å². The normalized spacial score (nSPS) is 13.5. The zero-order valence-electron chi connectivity index (χ0n) is 36.6. The van der Waals surface area contributed by atoms with Gasteiger partial charge in [-0.3, -0.25) is 9.59 Å². The molecule has 1 aliphatic carbocycles. The number of esters is 2. The zero-order chi connectivity index (χ0) is 40.6. The fraction of sp³-hybridized carbons (Fsp3) is 0.604. The second kappa shape index (κ2) is 32.0. The van der Waals surface area contributed by atoms with E-state index in [0.717, 1.165) is 54.7 Å². The maximum absolute atomic E-state index is 12.6. The third-order valence-electron chi connectivity index (χ3n) is 11.4. The highest BCUT2D eigenvalue weighted by Gasteiger charge is 2.25. The summed E-state index contributed by atoms with van der Waals surface area (Å²) < 4.78 is 11.5. The second-order valence-corrected chi connectivity index (χ2v) is 16.4. The number of carbonyl (C=O) groups excluding carboxylic acids is 2. The van der Waals surface area contributed by atoms with Crippen molar-refractivity contribution in [3.8, 4) is 11.5 Å². The summed E-state index contributed by atoms with van der Waals surface area (Å²) in [4.78, 5) is 25.3. The van der Waals surface area contributed by atoms with Crippen LogP contribution >= 0.6 is 0 Å². The van der Waals surface area contributed by atoms with Crippen molar-refractivity contribution in [3.05, 3.63) is 91.3 Å². The highest BCUT2D eigenvalue weighted by Crippen LogP contribution is 2.42. The molecule has 1 fully saturated rings. The van der Waals surface area contributed by atoms with E-state index in [-0.39, 0.29) is 11.9 Å². The number of unbranched alkanes of at least 4 members (excludes halogenated alkanes) is 24. The Morgan fingerprint density at radius 3 is 1.05 bits per heavy atom. The Labute approximate surface area is 350 Å². The van der Waals surface area contributed by atoms with E-state index in [1.54, 1.807) is 0 Å². The van der Waals surface area contributed by atoms with Crippen LogP contribution in [-0.4, -0.2) is 11.9 Å². The van der Waals surface area contributed by atoms with Gasteiger partial charge < -0.3 is 9.47 Å². The Balaban J connectivity index is 1.39. The fourth-order valence-electron chi connectivity index (χ4n) is 7.93. The first-order valence-electron chi connectivity index (χ1n) is 23.6. The molecule has 0 unspecified atom stereocenters. The lowest BCUT2D eigenvalue weighted by atomic mass is 9.83. The lowest BCUT2D eigenvalue weighted by Gasteiger charge is -2.21. The van der Waals surface area contributed by atoms with Crippen LogP contribution in [0.5, 0.6) is 11.5 Å². The molecule has 3 rings (SSSR count). The summed E-state index contributed by atoms with van der Waals surface area (Å²) in [6.07, 6.45) is 43.6. The van der Waals surface area contributed by atoms with Crippen molar-refractivity contribution in [2.75, 3.05) is 0 Å². The molecule has 1 aliphatic rings. The van der Waals surface area contributed by atoms with Crippen LogP contribution in [0.15, 0.2) is 48.5 Å². The van der Waals surface area contributed by atoms with Crippen LogP contribution in [0, 0.1) is 31.6 Å². The Morgan fingerprint density at radius 2 is 0.719 bits per heavy atom. The maximum atomic E-state index is 12.6. The van der Waals surface area contributed by atoms with Gasteiger partial charge in [-0.2, -0.15) is 0 Å². The molecule has 0 atom stereocenters. The predicted octanol–water partition coefficient (Wildman–Crippen LogP) is 16.2. The summed E-state index contributed by atoms with van der Waals surface area (Å²) in [5.41, 5.74) is 4.53. The number of benzene rings is 2. The van der Waals surface area contributed by atoms with Gasteiger partial charge in [0.2, 0.25) is 0 Å². The summed E-state index contributed by atoms with van der Waals surface area (Å²) >= 11 is 0. The van der Waals surface area contributed by atoms with Crippen LogP contribution in [-0.2, 0) is 9.59 Å². The standard InChI is InChI=1S/C53H79O4/c1-4-7-9-11-13-15-17-19-21-23-25-27-29-35-51(54)56-48-41-37-45(38-42-48)50(6-3)53(46-33-31-32-34-46)47-39-43-49(44-40-47)57-52(55)36-30-28-26-24-22-20-18-16-14-12-10-8-5-2/h31-34,37-44H,4-30,35-36H2,1-3H3/b53-50+. The summed E-state index contributed by atoms with van der Waals surface area (Å²) in [6.45, 7) is 6.72. The molecular formula is C53H79O4. The van der Waals surface area contributed by atoms with E-state index in [0.29, 0.717) is 24.3 Å². The number of ether oxygens (including phenoxy) is 2. The van der Waals surface area contributed by atoms with Crippen LogP contribution in [0.1, 0.15) is 218 Å². The van der Waals surface area contributed by atoms with Gasteiger partial charge in [0.1, 0.15) is 11.5 Å². The van der Waals surface area contributed by atoms with Crippen molar-refractivity contribution in [1.29, 1.82) is 0 Å². The Hall–Kier alpha value is -2.88. The molecule has 0 heterocycles. The molecule has 2 aromatic carbocycles. The maximum Gasteiger partial charge on any atom is 0.311 e. The van der Waals surface area contributed by atoms with E-state index < -0.39 is 0 Å². The molecule has 0 aliphatic heterocycles. The SMILES string of the molecule is CCCCCCCCCCCCCCCC(=O)Oc1ccc(/C(CC)=C(\[C]2[CH][CH][CH][CH]2)c2ccc(OC(=O)CCCCCCCCCCCCCCC)cc2)cc1. The van der Waals surface area contributed by atoms with Gasteiger partial charge in [-0.1, -0.05) is 199 Å².